The molecule has 12 aromatic rings. The van der Waals surface area contributed by atoms with Gasteiger partial charge >= 0.3 is 0 Å². The highest BCUT2D eigenvalue weighted by Crippen LogP contribution is 2.38. The number of nitrogens with one attached hydrogen (secondary N) is 3. The molecule has 6 aromatic heterocycles. The number of aryl methyl sites for hydroxylation is 1. The molecule has 0 bridgehead atoms. The zero-order valence-corrected chi connectivity index (χ0v) is 62.3. The van der Waals surface area contributed by atoms with E-state index in [9.17, 15) is 37.5 Å². The van der Waals surface area contributed by atoms with Gasteiger partial charge in [0.2, 0.25) is 17.7 Å². The van der Waals surface area contributed by atoms with Gasteiger partial charge in [0, 0.05) is 86.7 Å². The van der Waals surface area contributed by atoms with Gasteiger partial charge in [0.05, 0.1) is 41.4 Å². The van der Waals surface area contributed by atoms with Crippen LogP contribution in [0.2, 0.25) is 0 Å². The molecule has 15 rings (SSSR count). The first-order chi connectivity index (χ1) is 54.8. The van der Waals surface area contributed by atoms with E-state index in [1.807, 2.05) is 101 Å². The molecule has 0 unspecified atom stereocenters. The van der Waals surface area contributed by atoms with Crippen molar-refractivity contribution in [3.63, 3.8) is 0 Å². The van der Waals surface area contributed by atoms with E-state index in [0.717, 1.165) is 78.5 Å². The third-order valence-corrected chi connectivity index (χ3v) is 20.2. The summed E-state index contributed by atoms with van der Waals surface area (Å²) >= 11 is 0. The van der Waals surface area contributed by atoms with E-state index < -0.39 is 23.1 Å². The van der Waals surface area contributed by atoms with Crippen molar-refractivity contribution in [1.29, 1.82) is 0 Å². The van der Waals surface area contributed by atoms with E-state index in [1.54, 1.807) is 62.9 Å². The molecule has 3 aliphatic rings. The smallest absolute Gasteiger partial charge is 0.257 e. The molecule has 0 aliphatic carbocycles. The van der Waals surface area contributed by atoms with Crippen LogP contribution in [0, 0.1) is 18.6 Å². The second-order valence-electron chi connectivity index (χ2n) is 27.4. The SMILES string of the molecule is C=CC(=O)N1CCC[C@@H](n2nc(-c3ccc(CNC(=O)c4cccc(OC)c4)cc3)c3c(N)ncnc32)C1.C=CC(=O)N1CCC[C@@H](n2nc(-c3ccc(CNC(=O)c4ccccc4C)cc3)c3c(N)ncnc32)C1.C=CC(=O)N1CCC[C@@H](n2nc(-c3cccc(CNC(=O)c4c(F)cccc4F)c3)c3c(N)ncnc32)C1. The van der Waals surface area contributed by atoms with E-state index in [1.165, 1.54) is 43.3 Å². The molecule has 0 spiro atoms. The fourth-order valence-electron chi connectivity index (χ4n) is 14.3. The van der Waals surface area contributed by atoms with E-state index in [0.29, 0.717) is 142 Å². The van der Waals surface area contributed by atoms with Crippen molar-refractivity contribution in [1.82, 2.24) is 89.9 Å². The van der Waals surface area contributed by atoms with E-state index in [2.05, 4.69) is 65.6 Å². The molecular formula is C83H83F2N21O7. The largest absolute Gasteiger partial charge is 0.497 e. The fraction of sp³-hybridized carbons (Fsp3) is 0.241. The number of rotatable bonds is 19. The van der Waals surface area contributed by atoms with Crippen LogP contribution in [0.4, 0.5) is 26.2 Å². The molecule has 3 saturated heterocycles. The molecule has 9 N–H and O–H groups in total. The quantitative estimate of drug-likeness (QED) is 0.0410. The summed E-state index contributed by atoms with van der Waals surface area (Å²) < 4.78 is 38.7. The molecule has 576 valence electrons. The summed E-state index contributed by atoms with van der Waals surface area (Å²) in [6.07, 6.45) is 13.3. The fourth-order valence-corrected chi connectivity index (χ4v) is 14.3. The number of benzene rings is 6. The predicted molar refractivity (Wildman–Crippen MR) is 425 cm³/mol. The highest BCUT2D eigenvalue weighted by atomic mass is 19.1. The van der Waals surface area contributed by atoms with Crippen molar-refractivity contribution in [2.45, 2.75) is 83.2 Å². The van der Waals surface area contributed by atoms with Crippen LogP contribution >= 0.6 is 0 Å². The minimum absolute atomic E-state index is 0.0286. The summed E-state index contributed by atoms with van der Waals surface area (Å²) in [5.74, 6) is -1.71. The normalized spacial score (nSPS) is 15.4. The molecule has 0 radical (unpaired) electrons. The highest BCUT2D eigenvalue weighted by molar-refractivity contribution is 6.02. The molecule has 6 amide bonds. The summed E-state index contributed by atoms with van der Waals surface area (Å²) in [6.45, 7) is 17.1. The maximum Gasteiger partial charge on any atom is 0.257 e. The molecule has 113 heavy (non-hydrogen) atoms. The molecular weight excluding hydrogens is 1440 g/mol. The van der Waals surface area contributed by atoms with E-state index in [-0.39, 0.29) is 60.0 Å². The first kappa shape index (κ1) is 77.2. The van der Waals surface area contributed by atoms with Gasteiger partial charge in [-0.1, -0.05) is 117 Å². The zero-order valence-electron chi connectivity index (χ0n) is 62.3. The van der Waals surface area contributed by atoms with Gasteiger partial charge < -0.3 is 52.6 Å². The van der Waals surface area contributed by atoms with E-state index >= 15 is 0 Å². The number of methoxy groups -OCH3 is 1. The number of piperidine rings is 3. The monoisotopic (exact) mass is 1520 g/mol. The van der Waals surface area contributed by atoms with Gasteiger partial charge in [0.15, 0.2) is 16.9 Å². The number of carbonyl (C=O) groups is 6. The Labute approximate surface area is 648 Å². The summed E-state index contributed by atoms with van der Waals surface area (Å²) in [5.41, 5.74) is 29.1. The summed E-state index contributed by atoms with van der Waals surface area (Å²) in [7, 11) is 1.57. The minimum atomic E-state index is -0.931. The van der Waals surface area contributed by atoms with Crippen LogP contribution in [0.5, 0.6) is 5.75 Å². The number of nitrogen functional groups attached to an aromatic ring is 3. The van der Waals surface area contributed by atoms with Crippen LogP contribution in [-0.2, 0) is 34.0 Å². The van der Waals surface area contributed by atoms with Gasteiger partial charge in [-0.3, -0.25) is 28.8 Å². The van der Waals surface area contributed by atoms with Crippen LogP contribution in [-0.4, -0.2) is 156 Å². The number of aromatic nitrogens is 12. The molecule has 9 heterocycles. The minimum Gasteiger partial charge on any atom is -0.497 e. The number of fused-ring (bicyclic) bond motifs is 3. The number of anilines is 3. The summed E-state index contributed by atoms with van der Waals surface area (Å²) in [6, 6.07) is 40.5. The van der Waals surface area contributed by atoms with Crippen LogP contribution in [0.15, 0.2) is 196 Å². The summed E-state index contributed by atoms with van der Waals surface area (Å²) in [5, 5.41) is 25.1. The Morgan fingerprint density at radius 3 is 1.32 bits per heavy atom. The Morgan fingerprint density at radius 1 is 0.469 bits per heavy atom. The number of halogens is 2. The number of nitrogens with two attached hydrogens (primary N) is 3. The van der Waals surface area contributed by atoms with Gasteiger partial charge in [0.1, 0.15) is 76.5 Å². The average molecular weight is 1520 g/mol. The topological polar surface area (TPSA) is 366 Å². The molecule has 0 saturated carbocycles. The summed E-state index contributed by atoms with van der Waals surface area (Å²) in [4.78, 5) is 106. The molecule has 6 aromatic carbocycles. The highest BCUT2D eigenvalue weighted by Gasteiger charge is 2.32. The first-order valence-corrected chi connectivity index (χ1v) is 36.8. The van der Waals surface area contributed by atoms with Crippen LogP contribution < -0.4 is 37.9 Å². The number of carbonyl (C=O) groups excluding carboxylic acids is 6. The van der Waals surface area contributed by atoms with Gasteiger partial charge in [-0.2, -0.15) is 15.3 Å². The van der Waals surface area contributed by atoms with Crippen LogP contribution in [0.1, 0.15) is 110 Å². The van der Waals surface area contributed by atoms with Crippen molar-refractivity contribution < 1.29 is 42.3 Å². The third-order valence-electron chi connectivity index (χ3n) is 20.2. The van der Waals surface area contributed by atoms with Crippen molar-refractivity contribution in [2.75, 3.05) is 63.6 Å². The Hall–Kier alpha value is -13.9. The number of hydrogen-bond acceptors (Lipinski definition) is 19. The van der Waals surface area contributed by atoms with Crippen molar-refractivity contribution >= 4 is 86.0 Å². The number of amides is 6. The lowest BCUT2D eigenvalue weighted by Gasteiger charge is -2.32. The van der Waals surface area contributed by atoms with Crippen LogP contribution in [0.3, 0.4) is 0 Å². The van der Waals surface area contributed by atoms with Gasteiger partial charge in [0.25, 0.3) is 17.7 Å². The lowest BCUT2D eigenvalue weighted by Crippen LogP contribution is -2.40. The first-order valence-electron chi connectivity index (χ1n) is 36.8. The molecule has 3 aliphatic heterocycles. The molecule has 3 fully saturated rings. The van der Waals surface area contributed by atoms with Crippen molar-refractivity contribution in [3.05, 3.63) is 247 Å². The molecule has 28 nitrogen and oxygen atoms in total. The van der Waals surface area contributed by atoms with Crippen molar-refractivity contribution in [2.24, 2.45) is 0 Å². The average Bonchev–Trinajstić information content (AvgIpc) is 1.62. The second kappa shape index (κ2) is 34.8. The maximum absolute atomic E-state index is 14.0. The second-order valence-corrected chi connectivity index (χ2v) is 27.4. The predicted octanol–water partition coefficient (Wildman–Crippen LogP) is 10.7. The zero-order chi connectivity index (χ0) is 79.4. The van der Waals surface area contributed by atoms with Crippen molar-refractivity contribution in [3.8, 4) is 39.5 Å². The van der Waals surface area contributed by atoms with E-state index in [4.69, 9.17) is 37.2 Å². The molecule has 3 atom stereocenters. The van der Waals surface area contributed by atoms with Gasteiger partial charge in [-0.15, -0.1) is 0 Å². The Kier molecular flexibility index (Phi) is 23.8. The maximum atomic E-state index is 14.0. The number of likely N-dealkylation sites (tertiary alicyclic amines) is 3. The van der Waals surface area contributed by atoms with Gasteiger partial charge in [-0.25, -0.2) is 52.7 Å². The number of ether oxygens (including phenoxy) is 1. The Bertz CT molecular complexity index is 5590. The third kappa shape index (κ3) is 17.1. The lowest BCUT2D eigenvalue weighted by atomic mass is 10.1. The van der Waals surface area contributed by atoms with Crippen LogP contribution in [0.25, 0.3) is 66.9 Å². The Balaban J connectivity index is 0.000000148. The van der Waals surface area contributed by atoms with Gasteiger partial charge in [-0.05, 0) is 128 Å². The number of hydrogen-bond donors (Lipinski definition) is 6. The standard InChI is InChI=1S/C28H29N7O3.C28H29N7O2.C27H25F2N7O2/c1-3-23(36)34-13-5-7-21(16-34)35-27-24(26(29)31-17-32-27)25(33-35)19-11-9-18(10-12-19)15-30-28(37)20-6-4-8-22(14-20)38-2;1-3-23(36)34-14-6-8-21(16-34)35-27-24(26(29)31-17-32-27)25(33-35)20-12-10-19(11-13-20)15-30-28(37)22-9-5-4-7-18(22)2;1-2-21(37)35-11-5-8-18(14-35)36-26-23(25(30)32-15-33-26)24(34-36)17-7-3-6-16(12-17)13-31-27(38)22-19(28)9-4-10-20(22)29/h3-4,6,8-12,14,17,21H,1,5,7,13,15-16H2,2H3,(H,30,37)(H2,29,31,32);3-5,7,9-13,17,21H,1,6,8,14-16H2,2H3,(H,30,37)(H2,29,31,32);2-4,6-7,9-10,12,15,18H,1,5,8,11,13-14H2,(H,31,38)(H2,30,32,33)/t2*21-;18-/m111/s1. The molecule has 30 heteroatoms. The lowest BCUT2D eigenvalue weighted by molar-refractivity contribution is -0.128. The Morgan fingerprint density at radius 2 is 0.876 bits per heavy atom. The number of nitrogens with zero attached hydrogens (tertiary/aromatic N) is 15.